The third-order valence-electron chi connectivity index (χ3n) is 3.32. The minimum absolute atomic E-state index is 0.171. The molecule has 2 atom stereocenters. The van der Waals surface area contributed by atoms with Gasteiger partial charge in [0.1, 0.15) is 5.78 Å². The van der Waals surface area contributed by atoms with Crippen molar-refractivity contribution in [2.75, 3.05) is 0 Å². The van der Waals surface area contributed by atoms with Gasteiger partial charge in [0.25, 0.3) is 0 Å². The van der Waals surface area contributed by atoms with Crippen LogP contribution in [0.25, 0.3) is 0 Å². The molecule has 2 aliphatic carbocycles. The minimum atomic E-state index is -0.649. The van der Waals surface area contributed by atoms with Gasteiger partial charge in [-0.2, -0.15) is 0 Å². The van der Waals surface area contributed by atoms with Crippen molar-refractivity contribution in [3.63, 3.8) is 0 Å². The Bertz CT molecular complexity index is 447. The van der Waals surface area contributed by atoms with Crippen LogP contribution in [0.2, 0.25) is 0 Å². The average Bonchev–Trinajstić information content (AvgIpc) is 3.06. The maximum Gasteiger partial charge on any atom is 0.150 e. The van der Waals surface area contributed by atoms with E-state index in [0.717, 1.165) is 12.0 Å². The Morgan fingerprint density at radius 2 is 2.00 bits per heavy atom. The first-order valence-electron chi connectivity index (χ1n) is 5.21. The molecule has 2 aliphatic rings. The summed E-state index contributed by atoms with van der Waals surface area (Å²) in [4.78, 5) is 11.7. The number of carbonyl (C=O) groups excluding carboxylic acids is 1. The summed E-state index contributed by atoms with van der Waals surface area (Å²) in [5, 5.41) is 9.86. The maximum absolute atomic E-state index is 11.7. The van der Waals surface area contributed by atoms with E-state index < -0.39 is 6.10 Å². The second-order valence-corrected chi connectivity index (χ2v) is 4.37. The highest BCUT2D eigenvalue weighted by Crippen LogP contribution is 2.68. The number of carbonyl (C=O) groups is 1. The monoisotopic (exact) mass is 200 g/mol. The molecule has 15 heavy (non-hydrogen) atoms. The zero-order chi connectivity index (χ0) is 10.5. The van der Waals surface area contributed by atoms with Crippen molar-refractivity contribution < 1.29 is 9.90 Å². The summed E-state index contributed by atoms with van der Waals surface area (Å²) < 4.78 is 0. The molecule has 1 unspecified atom stereocenters. The first-order valence-corrected chi connectivity index (χ1v) is 5.21. The maximum atomic E-state index is 11.7. The lowest BCUT2D eigenvalue weighted by Crippen LogP contribution is -2.12. The lowest BCUT2D eigenvalue weighted by molar-refractivity contribution is -0.123. The van der Waals surface area contributed by atoms with Crippen LogP contribution in [0.4, 0.5) is 0 Å². The largest absolute Gasteiger partial charge is 0.388 e. The van der Waals surface area contributed by atoms with Crippen molar-refractivity contribution in [2.24, 2.45) is 5.41 Å². The number of aliphatic hydroxyl groups is 1. The molecule has 0 amide bonds. The molecule has 0 aromatic heterocycles. The molecule has 0 heterocycles. The predicted molar refractivity (Wildman–Crippen MR) is 56.2 cm³/mol. The molecule has 3 rings (SSSR count). The third kappa shape index (κ3) is 1.33. The summed E-state index contributed by atoms with van der Waals surface area (Å²) >= 11 is 0. The lowest BCUT2D eigenvalue weighted by atomic mass is 9.98. The normalized spacial score (nSPS) is 27.7. The second-order valence-electron chi connectivity index (χ2n) is 4.37. The van der Waals surface area contributed by atoms with Crippen molar-refractivity contribution in [1.29, 1.82) is 0 Å². The SMILES string of the molecule is O=C(CC(O)c1ccccc1)[C@]12C=C1C2. The number of hydrogen-bond donors (Lipinski definition) is 1. The fourth-order valence-electron chi connectivity index (χ4n) is 2.00. The molecule has 1 N–H and O–H groups in total. The standard InChI is InChI=1S/C13H12O2/c14-11(9-4-2-1-3-5-9)6-12(15)13-7-10(13)8-13/h1-5,7,11,14H,6,8H2/t11?,13-/m0/s1. The lowest BCUT2D eigenvalue weighted by Gasteiger charge is -2.10. The number of hydrogen-bond acceptors (Lipinski definition) is 2. The Kier molecular flexibility index (Phi) is 1.65. The number of allylic oxidation sites excluding steroid dienone is 2. The molecule has 0 aliphatic heterocycles. The number of benzene rings is 1. The van der Waals surface area contributed by atoms with Crippen LogP contribution in [0, 0.1) is 5.41 Å². The van der Waals surface area contributed by atoms with E-state index >= 15 is 0 Å². The number of ketones is 1. The topological polar surface area (TPSA) is 37.3 Å². The number of fused-ring (bicyclic) bond motifs is 1. The van der Waals surface area contributed by atoms with E-state index in [4.69, 9.17) is 0 Å². The fourth-order valence-corrected chi connectivity index (χ4v) is 2.00. The Balaban J connectivity index is 1.66. The van der Waals surface area contributed by atoms with Crippen LogP contribution in [0.5, 0.6) is 0 Å². The number of Topliss-reactive ketones (excluding diaryl/α,β-unsaturated/α-hetero) is 1. The van der Waals surface area contributed by atoms with Gasteiger partial charge in [0.2, 0.25) is 0 Å². The van der Waals surface area contributed by atoms with Gasteiger partial charge in [0.05, 0.1) is 11.5 Å². The summed E-state index contributed by atoms with van der Waals surface area (Å²) in [6, 6.07) is 9.35. The van der Waals surface area contributed by atoms with Crippen LogP contribution in [0.3, 0.4) is 0 Å². The van der Waals surface area contributed by atoms with Crippen molar-refractivity contribution in [3.05, 3.63) is 47.5 Å². The molecule has 76 valence electrons. The van der Waals surface area contributed by atoms with Gasteiger partial charge in [0, 0.05) is 6.42 Å². The van der Waals surface area contributed by atoms with Crippen LogP contribution in [0.1, 0.15) is 24.5 Å². The highest BCUT2D eigenvalue weighted by molar-refractivity contribution is 6.01. The Labute approximate surface area is 88.2 Å². The third-order valence-corrected chi connectivity index (χ3v) is 3.32. The predicted octanol–water partition coefficient (Wildman–Crippen LogP) is 2.01. The van der Waals surface area contributed by atoms with E-state index in [1.54, 1.807) is 0 Å². The van der Waals surface area contributed by atoms with E-state index in [1.165, 1.54) is 5.57 Å². The number of rotatable bonds is 4. The zero-order valence-electron chi connectivity index (χ0n) is 8.31. The van der Waals surface area contributed by atoms with Crippen LogP contribution >= 0.6 is 0 Å². The highest BCUT2D eigenvalue weighted by Gasteiger charge is 2.64. The molecule has 1 aromatic rings. The van der Waals surface area contributed by atoms with Gasteiger partial charge in [-0.3, -0.25) is 4.79 Å². The van der Waals surface area contributed by atoms with E-state index in [2.05, 4.69) is 0 Å². The first-order chi connectivity index (χ1) is 7.22. The Hall–Kier alpha value is -1.41. The summed E-state index contributed by atoms with van der Waals surface area (Å²) in [5.41, 5.74) is 1.92. The average molecular weight is 200 g/mol. The minimum Gasteiger partial charge on any atom is -0.388 e. The van der Waals surface area contributed by atoms with Crippen molar-refractivity contribution in [3.8, 4) is 0 Å². The molecule has 2 nitrogen and oxygen atoms in total. The van der Waals surface area contributed by atoms with Gasteiger partial charge < -0.3 is 5.11 Å². The van der Waals surface area contributed by atoms with Gasteiger partial charge in [-0.25, -0.2) is 0 Å². The van der Waals surface area contributed by atoms with Gasteiger partial charge in [-0.1, -0.05) is 42.0 Å². The Morgan fingerprint density at radius 3 is 2.53 bits per heavy atom. The summed E-state index contributed by atoms with van der Waals surface area (Å²) in [6.45, 7) is 0. The van der Waals surface area contributed by atoms with Gasteiger partial charge in [-0.15, -0.1) is 0 Å². The van der Waals surface area contributed by atoms with Gasteiger partial charge in [0.15, 0.2) is 0 Å². The number of aliphatic hydroxyl groups excluding tert-OH is 1. The van der Waals surface area contributed by atoms with E-state index in [9.17, 15) is 9.90 Å². The van der Waals surface area contributed by atoms with Crippen molar-refractivity contribution >= 4 is 5.78 Å². The molecule has 1 fully saturated rings. The molecular weight excluding hydrogens is 188 g/mol. The molecular formula is C13H12O2. The van der Waals surface area contributed by atoms with Gasteiger partial charge >= 0.3 is 0 Å². The van der Waals surface area contributed by atoms with E-state index in [1.807, 2.05) is 36.4 Å². The molecule has 0 spiro atoms. The molecule has 2 heteroatoms. The fraction of sp³-hybridized carbons (Fsp3) is 0.308. The molecule has 1 aromatic carbocycles. The highest BCUT2D eigenvalue weighted by atomic mass is 16.3. The molecule has 0 saturated heterocycles. The quantitative estimate of drug-likeness (QED) is 0.755. The van der Waals surface area contributed by atoms with Crippen LogP contribution < -0.4 is 0 Å². The van der Waals surface area contributed by atoms with Crippen molar-refractivity contribution in [2.45, 2.75) is 18.9 Å². The van der Waals surface area contributed by atoms with E-state index in [-0.39, 0.29) is 17.6 Å². The summed E-state index contributed by atoms with van der Waals surface area (Å²) in [7, 11) is 0. The molecule has 0 radical (unpaired) electrons. The molecule has 1 saturated carbocycles. The first kappa shape index (κ1) is 8.86. The van der Waals surface area contributed by atoms with E-state index in [0.29, 0.717) is 0 Å². The van der Waals surface area contributed by atoms with Crippen LogP contribution in [-0.4, -0.2) is 10.9 Å². The van der Waals surface area contributed by atoms with Crippen LogP contribution in [0.15, 0.2) is 42.0 Å². The Morgan fingerprint density at radius 1 is 1.40 bits per heavy atom. The summed E-state index contributed by atoms with van der Waals surface area (Å²) in [5.74, 6) is 0.175. The van der Waals surface area contributed by atoms with Gasteiger partial charge in [-0.05, 0) is 12.0 Å². The second kappa shape index (κ2) is 2.80. The van der Waals surface area contributed by atoms with Crippen molar-refractivity contribution in [1.82, 2.24) is 0 Å². The smallest absolute Gasteiger partial charge is 0.150 e. The van der Waals surface area contributed by atoms with Crippen LogP contribution in [-0.2, 0) is 4.79 Å². The summed E-state index contributed by atoms with van der Waals surface area (Å²) in [6.07, 6.45) is 2.54. The molecule has 0 bridgehead atoms. The zero-order valence-corrected chi connectivity index (χ0v) is 8.31.